The minimum Gasteiger partial charge on any atom is -0.382 e. The SMILES string of the molecule is COC[C@H](NC(=O)N1CCC[C@@H]2CN3CCc4ccccc4[C@@H]3C[C@@H]21)c1ccccc1. The van der Waals surface area contributed by atoms with Crippen LogP contribution in [0.1, 0.15) is 48.0 Å². The standard InChI is InChI=1S/C26H33N3O2/c1-31-18-23(20-9-3-2-4-10-20)27-26(30)29-14-7-11-21-17-28-15-13-19-8-5-6-12-22(19)25(28)16-24(21)29/h2-6,8-10,12,21,23-25H,7,11,13-18H2,1H3,(H,27,30)/t21-,23+,24+,25+/m1/s1. The number of benzene rings is 2. The van der Waals surface area contributed by atoms with E-state index in [0.717, 1.165) is 44.5 Å². The normalized spacial score (nSPS) is 26.4. The first-order valence-corrected chi connectivity index (χ1v) is 11.7. The number of piperidine rings is 2. The number of carbonyl (C=O) groups is 1. The third-order valence-electron chi connectivity index (χ3n) is 7.47. The summed E-state index contributed by atoms with van der Waals surface area (Å²) in [6.07, 6.45) is 4.49. The van der Waals surface area contributed by atoms with Crippen LogP contribution in [0.5, 0.6) is 0 Å². The highest BCUT2D eigenvalue weighted by atomic mass is 16.5. The van der Waals surface area contributed by atoms with E-state index >= 15 is 0 Å². The maximum atomic E-state index is 13.5. The van der Waals surface area contributed by atoms with Crippen molar-refractivity contribution in [2.75, 3.05) is 33.4 Å². The fourth-order valence-corrected chi connectivity index (χ4v) is 5.95. The molecule has 0 aliphatic carbocycles. The lowest BCUT2D eigenvalue weighted by Crippen LogP contribution is -2.59. The highest BCUT2D eigenvalue weighted by molar-refractivity contribution is 5.75. The molecule has 0 spiro atoms. The van der Waals surface area contributed by atoms with Crippen molar-refractivity contribution in [2.24, 2.45) is 5.92 Å². The molecule has 0 unspecified atom stereocenters. The second kappa shape index (κ2) is 9.01. The van der Waals surface area contributed by atoms with Gasteiger partial charge < -0.3 is 15.0 Å². The minimum absolute atomic E-state index is 0.0538. The lowest BCUT2D eigenvalue weighted by molar-refractivity contribution is 0.00467. The topological polar surface area (TPSA) is 44.8 Å². The first-order chi connectivity index (χ1) is 15.2. The van der Waals surface area contributed by atoms with Gasteiger partial charge in [-0.25, -0.2) is 4.79 Å². The maximum absolute atomic E-state index is 13.5. The molecule has 0 saturated carbocycles. The Morgan fingerprint density at radius 2 is 1.94 bits per heavy atom. The lowest BCUT2D eigenvalue weighted by Gasteiger charge is -2.52. The van der Waals surface area contributed by atoms with E-state index < -0.39 is 0 Å². The van der Waals surface area contributed by atoms with Gasteiger partial charge in [0.2, 0.25) is 0 Å². The predicted molar refractivity (Wildman–Crippen MR) is 122 cm³/mol. The van der Waals surface area contributed by atoms with Crippen molar-refractivity contribution in [2.45, 2.75) is 43.8 Å². The Hall–Kier alpha value is -2.37. The number of ether oxygens (including phenoxy) is 1. The highest BCUT2D eigenvalue weighted by Gasteiger charge is 2.44. The summed E-state index contributed by atoms with van der Waals surface area (Å²) in [6.45, 7) is 3.56. The minimum atomic E-state index is -0.130. The first-order valence-electron chi connectivity index (χ1n) is 11.7. The Morgan fingerprint density at radius 3 is 2.77 bits per heavy atom. The molecule has 5 rings (SSSR count). The molecule has 164 valence electrons. The van der Waals surface area contributed by atoms with E-state index in [1.165, 1.54) is 17.5 Å². The third kappa shape index (κ3) is 4.09. The summed E-state index contributed by atoms with van der Waals surface area (Å²) in [5.74, 6) is 0.568. The Morgan fingerprint density at radius 1 is 1.13 bits per heavy atom. The van der Waals surface area contributed by atoms with Gasteiger partial charge in [0.05, 0.1) is 12.6 Å². The van der Waals surface area contributed by atoms with Gasteiger partial charge in [0.25, 0.3) is 0 Å². The van der Waals surface area contributed by atoms with Gasteiger partial charge in [0, 0.05) is 38.8 Å². The number of carbonyl (C=O) groups excluding carboxylic acids is 1. The van der Waals surface area contributed by atoms with Crippen LogP contribution >= 0.6 is 0 Å². The summed E-state index contributed by atoms with van der Waals surface area (Å²) in [7, 11) is 1.69. The molecular formula is C26H33N3O2. The molecule has 0 radical (unpaired) electrons. The fraction of sp³-hybridized carbons (Fsp3) is 0.500. The molecule has 4 atom stereocenters. The quantitative estimate of drug-likeness (QED) is 0.809. The zero-order valence-electron chi connectivity index (χ0n) is 18.4. The Bertz CT molecular complexity index is 903. The summed E-state index contributed by atoms with van der Waals surface area (Å²) in [5, 5.41) is 3.28. The molecule has 31 heavy (non-hydrogen) atoms. The second-order valence-corrected chi connectivity index (χ2v) is 9.23. The van der Waals surface area contributed by atoms with Crippen molar-refractivity contribution in [3.8, 4) is 0 Å². The second-order valence-electron chi connectivity index (χ2n) is 9.23. The van der Waals surface area contributed by atoms with Crippen LogP contribution < -0.4 is 5.32 Å². The number of urea groups is 1. The summed E-state index contributed by atoms with van der Waals surface area (Å²) in [6, 6.07) is 19.7. The largest absolute Gasteiger partial charge is 0.382 e. The van der Waals surface area contributed by atoms with Crippen molar-refractivity contribution >= 4 is 6.03 Å². The number of rotatable bonds is 4. The van der Waals surface area contributed by atoms with Gasteiger partial charge in [0.1, 0.15) is 0 Å². The van der Waals surface area contributed by atoms with Crippen molar-refractivity contribution in [3.63, 3.8) is 0 Å². The molecule has 3 heterocycles. The molecule has 0 aromatic heterocycles. The van der Waals surface area contributed by atoms with Crippen LogP contribution in [0, 0.1) is 5.92 Å². The number of methoxy groups -OCH3 is 1. The summed E-state index contributed by atoms with van der Waals surface area (Å²) in [5.41, 5.74) is 4.04. The zero-order chi connectivity index (χ0) is 21.2. The van der Waals surface area contributed by atoms with E-state index in [1.807, 2.05) is 18.2 Å². The Labute approximate surface area is 185 Å². The number of hydrogen-bond acceptors (Lipinski definition) is 3. The van der Waals surface area contributed by atoms with Crippen molar-refractivity contribution in [1.82, 2.24) is 15.1 Å². The van der Waals surface area contributed by atoms with Crippen molar-refractivity contribution in [1.29, 1.82) is 0 Å². The Balaban J connectivity index is 1.35. The summed E-state index contributed by atoms with van der Waals surface area (Å²) >= 11 is 0. The smallest absolute Gasteiger partial charge is 0.318 e. The van der Waals surface area contributed by atoms with Crippen LogP contribution in [0.15, 0.2) is 54.6 Å². The number of amides is 2. The van der Waals surface area contributed by atoms with Crippen LogP contribution in [0.2, 0.25) is 0 Å². The monoisotopic (exact) mass is 419 g/mol. The number of fused-ring (bicyclic) bond motifs is 4. The molecule has 5 heteroatoms. The molecule has 2 aromatic carbocycles. The van der Waals surface area contributed by atoms with E-state index in [2.05, 4.69) is 51.5 Å². The predicted octanol–water partition coefficient (Wildman–Crippen LogP) is 4.17. The average Bonchev–Trinajstić information content (AvgIpc) is 2.82. The molecule has 2 fully saturated rings. The molecule has 3 aliphatic rings. The van der Waals surface area contributed by atoms with Crippen LogP contribution in [-0.4, -0.2) is 55.2 Å². The average molecular weight is 420 g/mol. The number of hydrogen-bond donors (Lipinski definition) is 1. The number of nitrogens with one attached hydrogen (secondary N) is 1. The van der Waals surface area contributed by atoms with E-state index in [4.69, 9.17) is 4.74 Å². The first kappa shape index (κ1) is 20.5. The molecule has 5 nitrogen and oxygen atoms in total. The van der Waals surface area contributed by atoms with Crippen LogP contribution in [0.3, 0.4) is 0 Å². The van der Waals surface area contributed by atoms with Crippen molar-refractivity contribution in [3.05, 3.63) is 71.3 Å². The highest BCUT2D eigenvalue weighted by Crippen LogP contribution is 2.42. The van der Waals surface area contributed by atoms with Gasteiger partial charge >= 0.3 is 6.03 Å². The van der Waals surface area contributed by atoms with Gasteiger partial charge in [0.15, 0.2) is 0 Å². The molecule has 2 aromatic rings. The third-order valence-corrected chi connectivity index (χ3v) is 7.47. The van der Waals surface area contributed by atoms with Crippen molar-refractivity contribution < 1.29 is 9.53 Å². The summed E-state index contributed by atoms with van der Waals surface area (Å²) < 4.78 is 5.42. The molecule has 1 N–H and O–H groups in total. The number of nitrogens with zero attached hydrogens (tertiary/aromatic N) is 2. The zero-order valence-corrected chi connectivity index (χ0v) is 18.4. The van der Waals surface area contributed by atoms with Gasteiger partial charge in [-0.15, -0.1) is 0 Å². The van der Waals surface area contributed by atoms with Gasteiger partial charge in [-0.2, -0.15) is 0 Å². The Kier molecular flexibility index (Phi) is 5.97. The van der Waals surface area contributed by atoms with Gasteiger partial charge in [-0.1, -0.05) is 54.6 Å². The summed E-state index contributed by atoms with van der Waals surface area (Å²) in [4.78, 5) is 18.3. The lowest BCUT2D eigenvalue weighted by atomic mass is 9.77. The van der Waals surface area contributed by atoms with E-state index in [9.17, 15) is 4.79 Å². The fourth-order valence-electron chi connectivity index (χ4n) is 5.95. The molecular weight excluding hydrogens is 386 g/mol. The van der Waals surface area contributed by atoms with E-state index in [1.54, 1.807) is 7.11 Å². The van der Waals surface area contributed by atoms with Crippen LogP contribution in [0.25, 0.3) is 0 Å². The van der Waals surface area contributed by atoms with Crippen LogP contribution in [-0.2, 0) is 11.2 Å². The van der Waals surface area contributed by atoms with Crippen LogP contribution in [0.4, 0.5) is 4.79 Å². The maximum Gasteiger partial charge on any atom is 0.318 e. The molecule has 0 bridgehead atoms. The molecule has 2 amide bonds. The van der Waals surface area contributed by atoms with E-state index in [0.29, 0.717) is 24.6 Å². The molecule has 2 saturated heterocycles. The van der Waals surface area contributed by atoms with Gasteiger partial charge in [-0.3, -0.25) is 4.90 Å². The van der Waals surface area contributed by atoms with Gasteiger partial charge in [-0.05, 0) is 48.3 Å². The molecule has 3 aliphatic heterocycles. The van der Waals surface area contributed by atoms with E-state index in [-0.39, 0.29) is 12.1 Å². The number of likely N-dealkylation sites (tertiary alicyclic amines) is 1.